The van der Waals surface area contributed by atoms with Crippen LogP contribution >= 0.6 is 11.3 Å². The molecular weight excluding hydrogens is 254 g/mol. The number of hydrogen-bond donors (Lipinski definition) is 2. The molecule has 2 atom stereocenters. The quantitative estimate of drug-likeness (QED) is 0.866. The van der Waals surface area contributed by atoms with Gasteiger partial charge >= 0.3 is 5.97 Å². The third-order valence-corrected chi connectivity index (χ3v) is 4.33. The van der Waals surface area contributed by atoms with Crippen LogP contribution in [0, 0.1) is 12.3 Å². The van der Waals surface area contributed by atoms with Gasteiger partial charge in [-0.15, -0.1) is 11.3 Å². The fraction of sp³-hybridized carbons (Fsp3) is 0.500. The average molecular weight is 269 g/mol. The lowest BCUT2D eigenvalue weighted by Gasteiger charge is -2.25. The van der Waals surface area contributed by atoms with Gasteiger partial charge < -0.3 is 15.2 Å². The van der Waals surface area contributed by atoms with Crippen LogP contribution in [-0.4, -0.2) is 36.2 Å². The van der Waals surface area contributed by atoms with Crippen LogP contribution in [0.4, 0.5) is 0 Å². The predicted octanol–water partition coefficient (Wildman–Crippen LogP) is 1.28. The minimum absolute atomic E-state index is 0.122. The third-order valence-electron chi connectivity index (χ3n) is 3.32. The summed E-state index contributed by atoms with van der Waals surface area (Å²) >= 11 is 1.35. The summed E-state index contributed by atoms with van der Waals surface area (Å²) in [6.45, 7) is 3.80. The van der Waals surface area contributed by atoms with E-state index < -0.39 is 17.4 Å². The molecule has 2 heterocycles. The van der Waals surface area contributed by atoms with Gasteiger partial charge in [0.1, 0.15) is 5.41 Å². The first-order valence-corrected chi connectivity index (χ1v) is 6.49. The van der Waals surface area contributed by atoms with E-state index in [-0.39, 0.29) is 19.1 Å². The molecule has 5 nitrogen and oxygen atoms in total. The second kappa shape index (κ2) is 4.70. The summed E-state index contributed by atoms with van der Waals surface area (Å²) in [5.41, 5.74) is -0.158. The number of ether oxygens (including phenoxy) is 1. The third kappa shape index (κ3) is 2.13. The fourth-order valence-corrected chi connectivity index (χ4v) is 2.74. The highest BCUT2D eigenvalue weighted by atomic mass is 32.1. The number of aryl methyl sites for hydroxylation is 1. The second-order valence-electron chi connectivity index (χ2n) is 4.70. The molecule has 0 aliphatic carbocycles. The lowest BCUT2D eigenvalue weighted by Crippen LogP contribution is -2.49. The molecule has 2 rings (SSSR count). The lowest BCUT2D eigenvalue weighted by molar-refractivity contribution is -0.148. The van der Waals surface area contributed by atoms with Gasteiger partial charge in [0.15, 0.2) is 0 Å². The molecule has 1 amide bonds. The zero-order valence-corrected chi connectivity index (χ0v) is 11.0. The van der Waals surface area contributed by atoms with Crippen LogP contribution in [0.1, 0.15) is 22.2 Å². The molecule has 0 bridgehead atoms. The van der Waals surface area contributed by atoms with Crippen LogP contribution < -0.4 is 5.32 Å². The van der Waals surface area contributed by atoms with E-state index >= 15 is 0 Å². The topological polar surface area (TPSA) is 75.6 Å². The number of rotatable bonds is 3. The molecule has 1 aromatic heterocycles. The van der Waals surface area contributed by atoms with Gasteiger partial charge in [0, 0.05) is 0 Å². The number of carbonyl (C=O) groups is 2. The van der Waals surface area contributed by atoms with Crippen molar-refractivity contribution in [2.75, 3.05) is 13.2 Å². The molecule has 18 heavy (non-hydrogen) atoms. The zero-order chi connectivity index (χ0) is 13.3. The summed E-state index contributed by atoms with van der Waals surface area (Å²) < 4.78 is 5.19. The summed E-state index contributed by atoms with van der Waals surface area (Å²) in [4.78, 5) is 23.9. The van der Waals surface area contributed by atoms with Gasteiger partial charge in [-0.1, -0.05) is 0 Å². The Hall–Kier alpha value is -1.40. The Kier molecular flexibility index (Phi) is 3.41. The fourth-order valence-electron chi connectivity index (χ4n) is 1.91. The van der Waals surface area contributed by atoms with Gasteiger partial charge in [-0.3, -0.25) is 9.59 Å². The summed E-state index contributed by atoms with van der Waals surface area (Å²) in [7, 11) is 0. The molecule has 1 aliphatic rings. The van der Waals surface area contributed by atoms with Gasteiger partial charge in [0.2, 0.25) is 0 Å². The number of thiophene rings is 1. The van der Waals surface area contributed by atoms with Gasteiger partial charge in [-0.05, 0) is 30.9 Å². The van der Waals surface area contributed by atoms with Gasteiger partial charge in [0.25, 0.3) is 5.91 Å². The van der Waals surface area contributed by atoms with E-state index in [1.165, 1.54) is 11.3 Å². The van der Waals surface area contributed by atoms with Gasteiger partial charge in [0.05, 0.1) is 24.1 Å². The number of carbonyl (C=O) groups excluding carboxylic acids is 1. The van der Waals surface area contributed by atoms with Crippen molar-refractivity contribution in [1.29, 1.82) is 0 Å². The monoisotopic (exact) mass is 269 g/mol. The molecule has 0 spiro atoms. The van der Waals surface area contributed by atoms with Crippen LogP contribution in [0.2, 0.25) is 0 Å². The molecule has 2 N–H and O–H groups in total. The summed E-state index contributed by atoms with van der Waals surface area (Å²) in [5, 5.41) is 13.8. The number of aliphatic carboxylic acids is 1. The smallest absolute Gasteiger partial charge is 0.313 e. The zero-order valence-electron chi connectivity index (χ0n) is 10.2. The molecule has 1 saturated heterocycles. The molecular formula is C12H15NO4S. The Balaban J connectivity index is 2.13. The molecule has 1 fully saturated rings. The molecule has 2 unspecified atom stereocenters. The minimum atomic E-state index is -1.05. The van der Waals surface area contributed by atoms with E-state index in [1.807, 2.05) is 18.4 Å². The van der Waals surface area contributed by atoms with Crippen molar-refractivity contribution in [3.05, 3.63) is 21.9 Å². The molecule has 1 aromatic rings. The normalized spacial score (nSPS) is 27.1. The highest BCUT2D eigenvalue weighted by Gasteiger charge is 2.47. The first-order chi connectivity index (χ1) is 8.45. The highest BCUT2D eigenvalue weighted by molar-refractivity contribution is 7.12. The van der Waals surface area contributed by atoms with Crippen molar-refractivity contribution < 1.29 is 19.4 Å². The highest BCUT2D eigenvalue weighted by Crippen LogP contribution is 2.29. The molecule has 0 radical (unpaired) electrons. The van der Waals surface area contributed by atoms with Crippen molar-refractivity contribution in [3.63, 3.8) is 0 Å². The summed E-state index contributed by atoms with van der Waals surface area (Å²) in [6.07, 6.45) is 0. The number of nitrogens with one attached hydrogen (secondary N) is 1. The first-order valence-electron chi connectivity index (χ1n) is 5.61. The second-order valence-corrected chi connectivity index (χ2v) is 5.61. The van der Waals surface area contributed by atoms with Crippen molar-refractivity contribution in [2.45, 2.75) is 19.9 Å². The van der Waals surface area contributed by atoms with E-state index in [0.717, 1.165) is 5.56 Å². The predicted molar refractivity (Wildman–Crippen MR) is 66.9 cm³/mol. The van der Waals surface area contributed by atoms with E-state index in [2.05, 4.69) is 5.32 Å². The Morgan fingerprint density at radius 3 is 2.89 bits per heavy atom. The van der Waals surface area contributed by atoms with Crippen LogP contribution in [0.15, 0.2) is 11.4 Å². The van der Waals surface area contributed by atoms with Crippen LogP contribution in [0.5, 0.6) is 0 Å². The first kappa shape index (κ1) is 13.0. The van der Waals surface area contributed by atoms with Gasteiger partial charge in [-0.2, -0.15) is 0 Å². The number of carboxylic acids is 1. The van der Waals surface area contributed by atoms with E-state index in [9.17, 15) is 14.7 Å². The number of carboxylic acid groups (broad SMARTS) is 1. The Morgan fingerprint density at radius 1 is 1.61 bits per heavy atom. The van der Waals surface area contributed by atoms with Crippen LogP contribution in [0.25, 0.3) is 0 Å². The molecule has 6 heteroatoms. The van der Waals surface area contributed by atoms with Crippen molar-refractivity contribution >= 4 is 23.2 Å². The standard InChI is InChI=1S/C12H15NO4S/c1-7-3-4-18-9(7)10(14)13-8-5-17-6-12(8,2)11(15)16/h3-4,8H,5-6H2,1-2H3,(H,13,14)(H,15,16). The lowest BCUT2D eigenvalue weighted by atomic mass is 9.85. The SMILES string of the molecule is Cc1ccsc1C(=O)NC1COCC1(C)C(=O)O. The maximum Gasteiger partial charge on any atom is 0.313 e. The minimum Gasteiger partial charge on any atom is -0.481 e. The van der Waals surface area contributed by atoms with Crippen molar-refractivity contribution in [1.82, 2.24) is 5.32 Å². The molecule has 98 valence electrons. The molecule has 0 aromatic carbocycles. The molecule has 0 saturated carbocycles. The Labute approximate surface area is 109 Å². The van der Waals surface area contributed by atoms with E-state index in [4.69, 9.17) is 4.74 Å². The number of hydrogen-bond acceptors (Lipinski definition) is 4. The number of amides is 1. The van der Waals surface area contributed by atoms with Crippen LogP contribution in [0.3, 0.4) is 0 Å². The Bertz CT molecular complexity index is 484. The average Bonchev–Trinajstić information content (AvgIpc) is 2.87. The Morgan fingerprint density at radius 2 is 2.33 bits per heavy atom. The maximum atomic E-state index is 12.0. The van der Waals surface area contributed by atoms with E-state index in [1.54, 1.807) is 6.92 Å². The largest absolute Gasteiger partial charge is 0.481 e. The summed E-state index contributed by atoms with van der Waals surface area (Å²) in [5.74, 6) is -1.18. The maximum absolute atomic E-state index is 12.0. The van der Waals surface area contributed by atoms with Crippen molar-refractivity contribution in [2.24, 2.45) is 5.41 Å². The van der Waals surface area contributed by atoms with Crippen molar-refractivity contribution in [3.8, 4) is 0 Å². The molecule has 1 aliphatic heterocycles. The van der Waals surface area contributed by atoms with Crippen LogP contribution in [-0.2, 0) is 9.53 Å². The summed E-state index contributed by atoms with van der Waals surface area (Å²) in [6, 6.07) is 1.37. The van der Waals surface area contributed by atoms with E-state index in [0.29, 0.717) is 4.88 Å². The van der Waals surface area contributed by atoms with Gasteiger partial charge in [-0.25, -0.2) is 0 Å².